The number of benzene rings is 1. The lowest BCUT2D eigenvalue weighted by atomic mass is 10.0. The van der Waals surface area contributed by atoms with Crippen LogP contribution >= 0.6 is 0 Å². The van der Waals surface area contributed by atoms with Crippen LogP contribution in [0, 0.1) is 5.82 Å². The van der Waals surface area contributed by atoms with Gasteiger partial charge in [0.2, 0.25) is 0 Å². The van der Waals surface area contributed by atoms with E-state index >= 15 is 0 Å². The average molecular weight is 448 g/mol. The van der Waals surface area contributed by atoms with E-state index in [1.165, 1.54) is 12.1 Å². The Morgan fingerprint density at radius 2 is 1.94 bits per heavy atom. The number of anilines is 2. The van der Waals surface area contributed by atoms with E-state index in [1.54, 1.807) is 26.8 Å². The molecule has 2 heterocycles. The van der Waals surface area contributed by atoms with Crippen molar-refractivity contribution in [2.75, 3.05) is 36.5 Å². The van der Waals surface area contributed by atoms with Gasteiger partial charge in [0, 0.05) is 25.2 Å². The summed E-state index contributed by atoms with van der Waals surface area (Å²) in [4.78, 5) is 39.2. The van der Waals surface area contributed by atoms with E-state index in [0.29, 0.717) is 37.3 Å². The van der Waals surface area contributed by atoms with Gasteiger partial charge in [-0.15, -0.1) is 0 Å². The topological polar surface area (TPSA) is 111 Å². The highest BCUT2D eigenvalue weighted by Gasteiger charge is 2.32. The minimum Gasteiger partial charge on any atom is -0.444 e. The van der Waals surface area contributed by atoms with Crippen LogP contribution < -0.4 is 15.5 Å². The van der Waals surface area contributed by atoms with Crippen molar-refractivity contribution in [3.63, 3.8) is 0 Å². The van der Waals surface area contributed by atoms with Gasteiger partial charge in [-0.1, -0.05) is 6.07 Å². The Balaban J connectivity index is 1.68. The maximum Gasteiger partial charge on any atom is 0.407 e. The van der Waals surface area contributed by atoms with Gasteiger partial charge in [0.1, 0.15) is 17.1 Å². The fraction of sp³-hybridized carbons (Fsp3) is 0.500. The van der Waals surface area contributed by atoms with E-state index in [-0.39, 0.29) is 24.9 Å². The first-order valence-electron chi connectivity index (χ1n) is 10.6. The van der Waals surface area contributed by atoms with Crippen molar-refractivity contribution in [3.8, 4) is 0 Å². The molecule has 32 heavy (non-hydrogen) atoms. The van der Waals surface area contributed by atoms with E-state index in [2.05, 4.69) is 10.6 Å². The van der Waals surface area contributed by atoms with Crippen molar-refractivity contribution < 1.29 is 28.6 Å². The molecule has 3 amide bonds. The molecule has 1 saturated heterocycles. The second kappa shape index (κ2) is 9.56. The molecule has 2 aliphatic rings. The largest absolute Gasteiger partial charge is 0.444 e. The molecule has 0 aromatic heterocycles. The molecule has 0 spiro atoms. The van der Waals surface area contributed by atoms with Crippen LogP contribution in [0.4, 0.5) is 20.6 Å². The van der Waals surface area contributed by atoms with Crippen molar-refractivity contribution >= 4 is 29.3 Å². The number of amides is 3. The average Bonchev–Trinajstić information content (AvgIpc) is 2.95. The second-order valence-electron chi connectivity index (χ2n) is 8.75. The van der Waals surface area contributed by atoms with E-state index in [4.69, 9.17) is 9.84 Å². The SMILES string of the molecule is CC(C)(C)OC(=O)NC1CCN(c2c(F)cccc2NC2=CC(=O)N(CCO)C2=O)CC1. The molecule has 2 aliphatic heterocycles. The molecule has 174 valence electrons. The van der Waals surface area contributed by atoms with Crippen molar-refractivity contribution in [1.29, 1.82) is 0 Å². The smallest absolute Gasteiger partial charge is 0.407 e. The lowest BCUT2D eigenvalue weighted by molar-refractivity contribution is -0.137. The third kappa shape index (κ3) is 5.56. The number of alkyl carbamates (subject to hydrolysis) is 1. The number of ether oxygens (including phenoxy) is 1. The Hall–Kier alpha value is -3.14. The van der Waals surface area contributed by atoms with Crippen molar-refractivity contribution in [3.05, 3.63) is 35.8 Å². The quantitative estimate of drug-likeness (QED) is 0.571. The molecule has 0 atom stereocenters. The standard InChI is InChI=1S/C22H29FN4O5/c1-22(2,3)32-21(31)24-14-7-9-26(10-8-14)19-15(23)5-4-6-16(19)25-17-13-18(29)27(11-12-28)20(17)30/h4-6,13-14,25,28H,7-12H2,1-3H3,(H,24,31). The molecule has 1 aromatic carbocycles. The molecular weight excluding hydrogens is 419 g/mol. The third-order valence-electron chi connectivity index (χ3n) is 5.12. The van der Waals surface area contributed by atoms with Gasteiger partial charge in [-0.3, -0.25) is 14.5 Å². The number of nitrogens with zero attached hydrogens (tertiary/aromatic N) is 2. The maximum atomic E-state index is 14.8. The molecule has 9 nitrogen and oxygen atoms in total. The zero-order valence-corrected chi connectivity index (χ0v) is 18.5. The van der Waals surface area contributed by atoms with Crippen LogP contribution in [0.15, 0.2) is 30.0 Å². The highest BCUT2D eigenvalue weighted by molar-refractivity contribution is 6.17. The van der Waals surface area contributed by atoms with Crippen LogP contribution in [0.2, 0.25) is 0 Å². The Morgan fingerprint density at radius 1 is 1.25 bits per heavy atom. The van der Waals surface area contributed by atoms with Crippen LogP contribution in [-0.2, 0) is 14.3 Å². The van der Waals surface area contributed by atoms with E-state index in [1.807, 2.05) is 4.90 Å². The monoisotopic (exact) mass is 448 g/mol. The molecule has 0 saturated carbocycles. The minimum absolute atomic E-state index is 0.0248. The number of hydrogen-bond donors (Lipinski definition) is 3. The molecule has 0 aliphatic carbocycles. The summed E-state index contributed by atoms with van der Waals surface area (Å²) in [7, 11) is 0. The first-order valence-corrected chi connectivity index (χ1v) is 10.6. The van der Waals surface area contributed by atoms with E-state index in [0.717, 1.165) is 11.0 Å². The van der Waals surface area contributed by atoms with Gasteiger partial charge in [-0.25, -0.2) is 9.18 Å². The summed E-state index contributed by atoms with van der Waals surface area (Å²) in [5.74, 6) is -1.56. The zero-order chi connectivity index (χ0) is 23.5. The van der Waals surface area contributed by atoms with Crippen molar-refractivity contribution in [1.82, 2.24) is 10.2 Å². The fourth-order valence-electron chi connectivity index (χ4n) is 3.71. The number of hydrogen-bond acceptors (Lipinski definition) is 7. The number of para-hydroxylation sites is 1. The Morgan fingerprint density at radius 3 is 2.56 bits per heavy atom. The first-order chi connectivity index (χ1) is 15.1. The van der Waals surface area contributed by atoms with E-state index in [9.17, 15) is 18.8 Å². The normalized spacial score (nSPS) is 17.5. The van der Waals surface area contributed by atoms with Crippen molar-refractivity contribution in [2.45, 2.75) is 45.3 Å². The van der Waals surface area contributed by atoms with Crippen LogP contribution in [0.25, 0.3) is 0 Å². The fourth-order valence-corrected chi connectivity index (χ4v) is 3.71. The molecule has 3 rings (SSSR count). The highest BCUT2D eigenvalue weighted by Crippen LogP contribution is 2.33. The number of carbonyl (C=O) groups is 3. The number of rotatable bonds is 6. The molecule has 3 N–H and O–H groups in total. The summed E-state index contributed by atoms with van der Waals surface area (Å²) >= 11 is 0. The summed E-state index contributed by atoms with van der Waals surface area (Å²) in [6.07, 6.45) is 1.85. The molecular formula is C22H29FN4O5. The van der Waals surface area contributed by atoms with E-state index < -0.39 is 29.3 Å². The molecule has 0 radical (unpaired) electrons. The van der Waals surface area contributed by atoms with Crippen LogP contribution in [0.3, 0.4) is 0 Å². The van der Waals surface area contributed by atoms with Gasteiger partial charge in [-0.2, -0.15) is 0 Å². The third-order valence-corrected chi connectivity index (χ3v) is 5.12. The van der Waals surface area contributed by atoms with Gasteiger partial charge in [0.25, 0.3) is 11.8 Å². The summed E-state index contributed by atoms with van der Waals surface area (Å²) in [6, 6.07) is 4.40. The Labute approximate surface area is 186 Å². The number of piperidine rings is 1. The first kappa shape index (κ1) is 23.5. The van der Waals surface area contributed by atoms with Crippen LogP contribution in [-0.4, -0.2) is 65.8 Å². The Kier molecular flexibility index (Phi) is 7.02. The lowest BCUT2D eigenvalue weighted by Gasteiger charge is -2.35. The maximum absolute atomic E-state index is 14.8. The summed E-state index contributed by atoms with van der Waals surface area (Å²) in [5, 5.41) is 14.8. The predicted octanol–water partition coefficient (Wildman–Crippen LogP) is 1.98. The summed E-state index contributed by atoms with van der Waals surface area (Å²) < 4.78 is 20.1. The number of β-amino-alcohol motifs (C(OH)–C–C–N with tert-alkyl or cyclic N) is 1. The van der Waals surface area contributed by atoms with Crippen molar-refractivity contribution in [2.24, 2.45) is 0 Å². The molecule has 1 fully saturated rings. The summed E-state index contributed by atoms with van der Waals surface area (Å²) in [6.45, 7) is 5.91. The highest BCUT2D eigenvalue weighted by atomic mass is 19.1. The van der Waals surface area contributed by atoms with Gasteiger partial charge >= 0.3 is 6.09 Å². The number of aliphatic hydroxyl groups excluding tert-OH is 1. The molecule has 0 unspecified atom stereocenters. The number of aliphatic hydroxyl groups is 1. The van der Waals surface area contributed by atoms with Crippen LogP contribution in [0.5, 0.6) is 0 Å². The Bertz CT molecular complexity index is 919. The minimum atomic E-state index is -0.584. The predicted molar refractivity (Wildman–Crippen MR) is 117 cm³/mol. The van der Waals surface area contributed by atoms with Crippen LogP contribution in [0.1, 0.15) is 33.6 Å². The number of carbonyl (C=O) groups excluding carboxylic acids is 3. The van der Waals surface area contributed by atoms with Gasteiger partial charge in [0.15, 0.2) is 0 Å². The number of imide groups is 1. The van der Waals surface area contributed by atoms with Gasteiger partial charge in [-0.05, 0) is 45.7 Å². The van der Waals surface area contributed by atoms with Gasteiger partial charge < -0.3 is 25.4 Å². The molecule has 0 bridgehead atoms. The molecule has 10 heteroatoms. The lowest BCUT2D eigenvalue weighted by Crippen LogP contribution is -2.46. The summed E-state index contributed by atoms with van der Waals surface area (Å²) in [5.41, 5.74) is 0.0995. The molecule has 1 aromatic rings. The number of nitrogens with one attached hydrogen (secondary N) is 2. The number of halogens is 1. The zero-order valence-electron chi connectivity index (χ0n) is 18.5. The van der Waals surface area contributed by atoms with Gasteiger partial charge in [0.05, 0.1) is 24.5 Å². The second-order valence-corrected chi connectivity index (χ2v) is 8.75.